The molecule has 3 N–H and O–H groups in total. The minimum atomic E-state index is -4.97. The summed E-state index contributed by atoms with van der Waals surface area (Å²) >= 11 is 0. The average molecular weight is 1460 g/mol. The standard InChI is InChI=1S/C81H154O17P2/c1-6-9-12-15-18-21-24-27-30-31-32-33-34-35-38-41-44-47-50-57-62-66-80(85)97-76(70-91-78(83)64-59-54-48-45-42-39-36-28-25-22-19-16-13-10-7-2)72-95-99(87,88)93-68-75(82)69-94-100(89,90)96-73-77(71-92-79(84)65-60-55-52-51-53-58-63-74(4)5)98-81(86)67-61-56-49-46-43-40-37-29-26-23-20-17-14-11-8-3/h22,25,28,36,74-77,82H,6-21,23-24,26-27,29-35,37-73H2,1-5H3,(H,87,88)(H,89,90)/b25-22-,36-28-/t75-,76-,77-/m1/s1. The van der Waals surface area contributed by atoms with E-state index in [2.05, 4.69) is 58.9 Å². The minimum Gasteiger partial charge on any atom is -0.462 e. The minimum absolute atomic E-state index is 0.102. The van der Waals surface area contributed by atoms with Crippen molar-refractivity contribution >= 4 is 39.5 Å². The number of ether oxygens (including phenoxy) is 4. The molecule has 0 aromatic rings. The summed E-state index contributed by atoms with van der Waals surface area (Å²) in [5.74, 6) is -1.46. The number of aliphatic hydroxyl groups is 1. The van der Waals surface area contributed by atoms with E-state index in [0.29, 0.717) is 31.6 Å². The van der Waals surface area contributed by atoms with Crippen LogP contribution in [0.2, 0.25) is 0 Å². The lowest BCUT2D eigenvalue weighted by molar-refractivity contribution is -0.161. The van der Waals surface area contributed by atoms with Crippen molar-refractivity contribution < 1.29 is 80.2 Å². The van der Waals surface area contributed by atoms with Gasteiger partial charge in [-0.1, -0.05) is 354 Å². The van der Waals surface area contributed by atoms with Crippen LogP contribution in [0.15, 0.2) is 24.3 Å². The Bertz CT molecular complexity index is 2000. The second-order valence-corrected chi connectivity index (χ2v) is 31.9. The number of hydrogen-bond donors (Lipinski definition) is 3. The fourth-order valence-electron chi connectivity index (χ4n) is 12.0. The zero-order valence-electron chi connectivity index (χ0n) is 64.8. The first kappa shape index (κ1) is 97.5. The lowest BCUT2D eigenvalue weighted by Crippen LogP contribution is -2.30. The van der Waals surface area contributed by atoms with Crippen molar-refractivity contribution in [1.29, 1.82) is 0 Å². The highest BCUT2D eigenvalue weighted by molar-refractivity contribution is 7.47. The molecule has 17 nitrogen and oxygen atoms in total. The Morgan fingerprint density at radius 2 is 0.540 bits per heavy atom. The van der Waals surface area contributed by atoms with Gasteiger partial charge in [-0.2, -0.15) is 0 Å². The van der Waals surface area contributed by atoms with Crippen LogP contribution in [0.3, 0.4) is 0 Å². The number of aliphatic hydroxyl groups excluding tert-OH is 1. The van der Waals surface area contributed by atoms with Gasteiger partial charge in [0.1, 0.15) is 19.3 Å². The number of carbonyl (C=O) groups is 4. The van der Waals surface area contributed by atoms with E-state index in [-0.39, 0.29) is 25.7 Å². The molecule has 0 fully saturated rings. The molecule has 0 saturated carbocycles. The molecular weight excluding hydrogens is 1310 g/mol. The van der Waals surface area contributed by atoms with Gasteiger partial charge in [0, 0.05) is 25.7 Å². The summed E-state index contributed by atoms with van der Waals surface area (Å²) in [6, 6.07) is 0. The molecule has 0 rings (SSSR count). The van der Waals surface area contributed by atoms with E-state index in [1.165, 1.54) is 205 Å². The Morgan fingerprint density at radius 1 is 0.310 bits per heavy atom. The van der Waals surface area contributed by atoms with Crippen LogP contribution >= 0.6 is 15.6 Å². The maximum Gasteiger partial charge on any atom is 0.472 e. The number of esters is 4. The van der Waals surface area contributed by atoms with Crippen molar-refractivity contribution in [2.24, 2.45) is 5.92 Å². The normalized spacial score (nSPS) is 14.0. The summed E-state index contributed by atoms with van der Waals surface area (Å²) in [4.78, 5) is 72.9. The van der Waals surface area contributed by atoms with E-state index < -0.39 is 97.5 Å². The molecule has 0 aromatic heterocycles. The Hall–Kier alpha value is -2.46. The van der Waals surface area contributed by atoms with E-state index >= 15 is 0 Å². The Morgan fingerprint density at radius 3 is 0.820 bits per heavy atom. The smallest absolute Gasteiger partial charge is 0.462 e. The third-order valence-electron chi connectivity index (χ3n) is 18.4. The third-order valence-corrected chi connectivity index (χ3v) is 20.3. The fourth-order valence-corrected chi connectivity index (χ4v) is 13.6. The highest BCUT2D eigenvalue weighted by atomic mass is 31.2. The van der Waals surface area contributed by atoms with Crippen LogP contribution in [0, 0.1) is 5.92 Å². The molecular formula is C81H154O17P2. The molecule has 0 aromatic carbocycles. The first-order valence-corrected chi connectivity index (χ1v) is 44.4. The SMILES string of the molecule is CCCCCC/C=C\C=C/CCCCCCCC(=O)OC[C@H](COP(=O)(O)OC[C@@H](O)COP(=O)(O)OC[C@@H](COC(=O)CCCCCCCCC(C)C)OC(=O)CCCCCCCCCCCCCCCCC)OC(=O)CCCCCCCCCCCCCCCCCCCCCCC. The molecule has 0 amide bonds. The van der Waals surface area contributed by atoms with Gasteiger partial charge in [0.25, 0.3) is 0 Å². The molecule has 0 bridgehead atoms. The van der Waals surface area contributed by atoms with Gasteiger partial charge in [-0.05, 0) is 57.3 Å². The number of hydrogen-bond acceptors (Lipinski definition) is 15. The van der Waals surface area contributed by atoms with E-state index in [9.17, 15) is 43.2 Å². The predicted molar refractivity (Wildman–Crippen MR) is 409 cm³/mol. The van der Waals surface area contributed by atoms with E-state index in [0.717, 1.165) is 116 Å². The summed E-state index contributed by atoms with van der Waals surface area (Å²) in [7, 11) is -9.93. The van der Waals surface area contributed by atoms with Crippen molar-refractivity contribution in [2.75, 3.05) is 39.6 Å². The third kappa shape index (κ3) is 73.8. The summed E-state index contributed by atoms with van der Waals surface area (Å²) in [5.41, 5.74) is 0. The van der Waals surface area contributed by atoms with Crippen LogP contribution in [-0.4, -0.2) is 96.7 Å². The predicted octanol–water partition coefficient (Wildman–Crippen LogP) is 24.0. The van der Waals surface area contributed by atoms with Crippen LogP contribution in [0.25, 0.3) is 0 Å². The van der Waals surface area contributed by atoms with Crippen LogP contribution < -0.4 is 0 Å². The van der Waals surface area contributed by atoms with Crippen molar-refractivity contribution in [1.82, 2.24) is 0 Å². The highest BCUT2D eigenvalue weighted by Crippen LogP contribution is 2.45. The fraction of sp³-hybridized carbons (Fsp3) is 0.901. The number of carbonyl (C=O) groups excluding carboxylic acids is 4. The Kier molecular flexibility index (Phi) is 71.6. The van der Waals surface area contributed by atoms with Gasteiger partial charge in [-0.25, -0.2) is 9.13 Å². The summed E-state index contributed by atoms with van der Waals surface area (Å²) in [6.07, 6.45) is 67.6. The van der Waals surface area contributed by atoms with Gasteiger partial charge in [0.15, 0.2) is 12.2 Å². The van der Waals surface area contributed by atoms with Crippen LogP contribution in [-0.2, 0) is 65.4 Å². The van der Waals surface area contributed by atoms with Gasteiger partial charge < -0.3 is 33.8 Å². The van der Waals surface area contributed by atoms with Gasteiger partial charge >= 0.3 is 39.5 Å². The Balaban J connectivity index is 5.23. The van der Waals surface area contributed by atoms with Crippen molar-refractivity contribution in [3.8, 4) is 0 Å². The van der Waals surface area contributed by atoms with E-state index in [1.54, 1.807) is 0 Å². The molecule has 0 radical (unpaired) electrons. The van der Waals surface area contributed by atoms with Gasteiger partial charge in [0.05, 0.1) is 26.4 Å². The molecule has 0 aliphatic carbocycles. The molecule has 19 heteroatoms. The van der Waals surface area contributed by atoms with Crippen LogP contribution in [0.5, 0.6) is 0 Å². The summed E-state index contributed by atoms with van der Waals surface area (Å²) < 4.78 is 68.6. The largest absolute Gasteiger partial charge is 0.472 e. The van der Waals surface area contributed by atoms with E-state index in [4.69, 9.17) is 37.0 Å². The Labute approximate surface area is 612 Å². The summed E-state index contributed by atoms with van der Waals surface area (Å²) in [6.45, 7) is 7.18. The number of allylic oxidation sites excluding steroid dienone is 4. The van der Waals surface area contributed by atoms with Crippen LogP contribution in [0.4, 0.5) is 0 Å². The zero-order chi connectivity index (χ0) is 73.4. The van der Waals surface area contributed by atoms with Crippen molar-refractivity contribution in [3.63, 3.8) is 0 Å². The molecule has 100 heavy (non-hydrogen) atoms. The first-order chi connectivity index (χ1) is 48.5. The van der Waals surface area contributed by atoms with E-state index in [1.807, 2.05) is 0 Å². The lowest BCUT2D eigenvalue weighted by atomic mass is 10.0. The molecule has 0 heterocycles. The second kappa shape index (κ2) is 73.4. The topological polar surface area (TPSA) is 237 Å². The molecule has 0 spiro atoms. The monoisotopic (exact) mass is 1460 g/mol. The number of unbranched alkanes of at least 4 members (excludes halogenated alkanes) is 48. The molecule has 0 aliphatic rings. The van der Waals surface area contributed by atoms with Gasteiger partial charge in [-0.3, -0.25) is 37.3 Å². The maximum atomic E-state index is 13.1. The number of rotatable bonds is 79. The zero-order valence-corrected chi connectivity index (χ0v) is 66.6. The summed E-state index contributed by atoms with van der Waals surface area (Å²) in [5, 5.41) is 10.6. The molecule has 0 aliphatic heterocycles. The van der Waals surface area contributed by atoms with Crippen molar-refractivity contribution in [3.05, 3.63) is 24.3 Å². The highest BCUT2D eigenvalue weighted by Gasteiger charge is 2.30. The molecule has 0 saturated heterocycles. The van der Waals surface area contributed by atoms with Crippen molar-refractivity contribution in [2.45, 2.75) is 425 Å². The number of phosphoric ester groups is 2. The quantitative estimate of drug-likeness (QED) is 0.0169. The first-order valence-electron chi connectivity index (χ1n) is 41.5. The number of phosphoric acid groups is 2. The molecule has 5 atom stereocenters. The second-order valence-electron chi connectivity index (χ2n) is 29.0. The molecule has 590 valence electrons. The molecule has 2 unspecified atom stereocenters. The van der Waals surface area contributed by atoms with Gasteiger partial charge in [-0.15, -0.1) is 0 Å². The lowest BCUT2D eigenvalue weighted by Gasteiger charge is -2.21. The van der Waals surface area contributed by atoms with Gasteiger partial charge in [0.2, 0.25) is 0 Å². The van der Waals surface area contributed by atoms with Crippen LogP contribution in [0.1, 0.15) is 407 Å². The maximum absolute atomic E-state index is 13.1. The average Bonchev–Trinajstić information content (AvgIpc) is 0.917.